The van der Waals surface area contributed by atoms with Crippen molar-refractivity contribution in [3.05, 3.63) is 61.8 Å². The molecule has 3 heterocycles. The number of thiophene rings is 1. The maximum atomic E-state index is 15.0. The number of nitrogens with zero attached hydrogens (tertiary/aromatic N) is 2. The number of aryl methyl sites for hydroxylation is 2. The summed E-state index contributed by atoms with van der Waals surface area (Å²) in [4.78, 5) is 27.1. The molecule has 1 aliphatic rings. The summed E-state index contributed by atoms with van der Waals surface area (Å²) in [5, 5.41) is 15.0. The van der Waals surface area contributed by atoms with Gasteiger partial charge in [0.1, 0.15) is 11.4 Å². The van der Waals surface area contributed by atoms with Gasteiger partial charge in [-0.2, -0.15) is 0 Å². The normalized spacial score (nSPS) is 17.1. The molecule has 0 spiro atoms. The highest BCUT2D eigenvalue weighted by atomic mass is 32.1. The second-order valence-corrected chi connectivity index (χ2v) is 8.21. The number of carboxylic acids is 1. The molecule has 4 rings (SSSR count). The summed E-state index contributed by atoms with van der Waals surface area (Å²) in [6.07, 6.45) is 1.34. The van der Waals surface area contributed by atoms with Gasteiger partial charge in [-0.05, 0) is 43.0 Å². The van der Waals surface area contributed by atoms with Crippen molar-refractivity contribution < 1.29 is 14.3 Å². The van der Waals surface area contributed by atoms with E-state index in [0.717, 1.165) is 6.54 Å². The van der Waals surface area contributed by atoms with Crippen molar-refractivity contribution in [2.45, 2.75) is 26.4 Å². The molecule has 0 amide bonds. The average Bonchev–Trinajstić information content (AvgIpc) is 3.14. The number of benzene rings is 1. The fourth-order valence-corrected chi connectivity index (χ4v) is 4.82. The highest BCUT2D eigenvalue weighted by molar-refractivity contribution is 7.10. The molecule has 1 fully saturated rings. The van der Waals surface area contributed by atoms with Crippen molar-refractivity contribution in [1.29, 1.82) is 0 Å². The number of nitrogens with one attached hydrogen (secondary N) is 1. The number of pyridine rings is 1. The van der Waals surface area contributed by atoms with Crippen molar-refractivity contribution >= 4 is 33.9 Å². The van der Waals surface area contributed by atoms with Crippen molar-refractivity contribution in [1.82, 2.24) is 9.88 Å². The zero-order valence-electron chi connectivity index (χ0n) is 16.2. The summed E-state index contributed by atoms with van der Waals surface area (Å²) in [5.74, 6) is -1.82. The van der Waals surface area contributed by atoms with Crippen LogP contribution in [-0.2, 0) is 6.54 Å². The molecule has 0 radical (unpaired) electrons. The minimum Gasteiger partial charge on any atom is -0.477 e. The van der Waals surface area contributed by atoms with Gasteiger partial charge in [0, 0.05) is 42.6 Å². The monoisotopic (exact) mass is 415 g/mol. The summed E-state index contributed by atoms with van der Waals surface area (Å²) >= 11 is 1.69. The fraction of sp³-hybridized carbons (Fsp3) is 0.333. The van der Waals surface area contributed by atoms with Gasteiger partial charge in [-0.25, -0.2) is 9.18 Å². The Bertz CT molecular complexity index is 1150. The number of anilines is 1. The first-order chi connectivity index (χ1) is 13.9. The van der Waals surface area contributed by atoms with Gasteiger partial charge in [0.25, 0.3) is 0 Å². The third-order valence-electron chi connectivity index (χ3n) is 5.33. The first-order valence-electron chi connectivity index (χ1n) is 9.52. The standard InChI is InChI=1S/C21H22FN3O3S/c1-3-24-9-14(21(27)28)20(26)13-7-15(22)18(8-17(13)24)25-5-4-23-16(10-25)19-6-12(2)11-29-19/h6-9,11,16,23H,3-5,10H2,1-2H3,(H,27,28). The number of rotatable bonds is 4. The zero-order valence-corrected chi connectivity index (χ0v) is 17.1. The van der Waals surface area contributed by atoms with Crippen molar-refractivity contribution in [2.24, 2.45) is 0 Å². The van der Waals surface area contributed by atoms with Crippen molar-refractivity contribution in [3.8, 4) is 0 Å². The van der Waals surface area contributed by atoms with Crippen LogP contribution in [0.25, 0.3) is 10.9 Å². The lowest BCUT2D eigenvalue weighted by Gasteiger charge is -2.35. The Kier molecular flexibility index (Phi) is 5.14. The van der Waals surface area contributed by atoms with Crippen LogP contribution >= 0.6 is 11.3 Å². The summed E-state index contributed by atoms with van der Waals surface area (Å²) in [5.41, 5.74) is 1.18. The summed E-state index contributed by atoms with van der Waals surface area (Å²) in [7, 11) is 0. The molecule has 2 N–H and O–H groups in total. The molecule has 1 unspecified atom stereocenters. The van der Waals surface area contributed by atoms with Gasteiger partial charge >= 0.3 is 5.97 Å². The van der Waals surface area contributed by atoms with E-state index in [1.165, 1.54) is 22.7 Å². The van der Waals surface area contributed by atoms with E-state index in [4.69, 9.17) is 0 Å². The number of piperazine rings is 1. The van der Waals surface area contributed by atoms with Gasteiger partial charge in [0.15, 0.2) is 0 Å². The quantitative estimate of drug-likeness (QED) is 0.683. The molecule has 2 aromatic heterocycles. The highest BCUT2D eigenvalue weighted by Crippen LogP contribution is 2.30. The molecule has 1 aromatic carbocycles. The molecular formula is C21H22FN3O3S. The Hall–Kier alpha value is -2.71. The number of carboxylic acid groups (broad SMARTS) is 1. The number of fused-ring (bicyclic) bond motifs is 1. The first-order valence-corrected chi connectivity index (χ1v) is 10.4. The van der Waals surface area contributed by atoms with E-state index < -0.39 is 17.2 Å². The van der Waals surface area contributed by atoms with E-state index in [9.17, 15) is 14.7 Å². The lowest BCUT2D eigenvalue weighted by molar-refractivity contribution is 0.0695. The third-order valence-corrected chi connectivity index (χ3v) is 6.49. The van der Waals surface area contributed by atoms with Gasteiger partial charge in [0.05, 0.1) is 17.2 Å². The maximum absolute atomic E-state index is 15.0. The van der Waals surface area contributed by atoms with E-state index >= 15 is 4.39 Å². The molecular weight excluding hydrogens is 393 g/mol. The molecule has 0 bridgehead atoms. The Morgan fingerprint density at radius 2 is 2.17 bits per heavy atom. The lowest BCUT2D eigenvalue weighted by Crippen LogP contribution is -2.46. The minimum atomic E-state index is -1.31. The van der Waals surface area contributed by atoms with Crippen LogP contribution in [0.15, 0.2) is 34.6 Å². The molecule has 1 atom stereocenters. The molecule has 3 aromatic rings. The van der Waals surface area contributed by atoms with Crippen LogP contribution in [0.4, 0.5) is 10.1 Å². The Morgan fingerprint density at radius 3 is 2.83 bits per heavy atom. The Labute approximate surface area is 171 Å². The number of hydrogen-bond donors (Lipinski definition) is 2. The van der Waals surface area contributed by atoms with Crippen molar-refractivity contribution in [2.75, 3.05) is 24.5 Å². The molecule has 8 heteroatoms. The van der Waals surface area contributed by atoms with Gasteiger partial charge in [-0.3, -0.25) is 4.79 Å². The minimum absolute atomic E-state index is 0.0913. The van der Waals surface area contributed by atoms with Crippen LogP contribution in [0, 0.1) is 12.7 Å². The average molecular weight is 415 g/mol. The zero-order chi connectivity index (χ0) is 20.7. The number of carbonyl (C=O) groups is 1. The van der Waals surface area contributed by atoms with E-state index in [-0.39, 0.29) is 17.0 Å². The second kappa shape index (κ2) is 7.61. The molecule has 6 nitrogen and oxygen atoms in total. The number of aromatic nitrogens is 1. The third kappa shape index (κ3) is 3.54. The van der Waals surface area contributed by atoms with E-state index in [1.807, 2.05) is 11.8 Å². The van der Waals surface area contributed by atoms with Crippen LogP contribution in [-0.4, -0.2) is 35.3 Å². The van der Waals surface area contributed by atoms with Crippen LogP contribution in [0.3, 0.4) is 0 Å². The summed E-state index contributed by atoms with van der Waals surface area (Å²) in [6.45, 7) is 6.37. The molecule has 0 saturated carbocycles. The van der Waals surface area contributed by atoms with Crippen LogP contribution in [0.5, 0.6) is 0 Å². The largest absolute Gasteiger partial charge is 0.477 e. The fourth-order valence-electron chi connectivity index (χ4n) is 3.85. The first kappa shape index (κ1) is 19.6. The summed E-state index contributed by atoms with van der Waals surface area (Å²) < 4.78 is 16.7. The Morgan fingerprint density at radius 1 is 1.38 bits per heavy atom. The molecule has 1 saturated heterocycles. The van der Waals surface area contributed by atoms with Gasteiger partial charge in [-0.1, -0.05) is 0 Å². The predicted octanol–water partition coefficient (Wildman–Crippen LogP) is 3.38. The van der Waals surface area contributed by atoms with E-state index in [1.54, 1.807) is 22.0 Å². The molecule has 152 valence electrons. The molecule has 1 aliphatic heterocycles. The predicted molar refractivity (Wildman–Crippen MR) is 113 cm³/mol. The topological polar surface area (TPSA) is 74.6 Å². The molecule has 29 heavy (non-hydrogen) atoms. The lowest BCUT2D eigenvalue weighted by atomic mass is 10.1. The maximum Gasteiger partial charge on any atom is 0.341 e. The molecule has 0 aliphatic carbocycles. The van der Waals surface area contributed by atoms with Crippen LogP contribution in [0.2, 0.25) is 0 Å². The van der Waals surface area contributed by atoms with Gasteiger partial charge in [0.2, 0.25) is 5.43 Å². The van der Waals surface area contributed by atoms with Gasteiger partial charge < -0.3 is 19.9 Å². The van der Waals surface area contributed by atoms with Gasteiger partial charge in [-0.15, -0.1) is 11.3 Å². The highest BCUT2D eigenvalue weighted by Gasteiger charge is 2.25. The number of aromatic carboxylic acids is 1. The SMILES string of the molecule is CCn1cc(C(=O)O)c(=O)c2cc(F)c(N3CCNC(c4cc(C)cs4)C3)cc21. The Balaban J connectivity index is 1.78. The van der Waals surface area contributed by atoms with E-state index in [2.05, 4.69) is 23.7 Å². The second-order valence-electron chi connectivity index (χ2n) is 7.26. The van der Waals surface area contributed by atoms with Crippen LogP contribution < -0.4 is 15.6 Å². The van der Waals surface area contributed by atoms with E-state index in [0.29, 0.717) is 30.8 Å². The smallest absolute Gasteiger partial charge is 0.341 e. The number of hydrogen-bond acceptors (Lipinski definition) is 5. The van der Waals surface area contributed by atoms with Crippen molar-refractivity contribution in [3.63, 3.8) is 0 Å². The van der Waals surface area contributed by atoms with Crippen LogP contribution in [0.1, 0.15) is 33.8 Å². The summed E-state index contributed by atoms with van der Waals surface area (Å²) in [6, 6.07) is 5.10. The number of halogens is 1.